The van der Waals surface area contributed by atoms with Gasteiger partial charge in [0.2, 0.25) is 0 Å². The smallest absolute Gasteiger partial charge is 0.257 e. The van der Waals surface area contributed by atoms with Gasteiger partial charge in [0.05, 0.1) is 6.20 Å². The van der Waals surface area contributed by atoms with Crippen LogP contribution in [0.3, 0.4) is 0 Å². The Morgan fingerprint density at radius 2 is 2.00 bits per heavy atom. The standard InChI is InChI=1S/C12H22N4O2S/c1-12(2,3)16-8-5-10(6-9-16)15-19(17,18)11-4-7-13-14-11/h4,7,10,15H,5-6,8-9H2,1-3H3,(H,13,14). The topological polar surface area (TPSA) is 78.1 Å². The number of aromatic nitrogens is 2. The maximum atomic E-state index is 12.0. The number of hydrogen-bond acceptors (Lipinski definition) is 4. The van der Waals surface area contributed by atoms with E-state index in [1.807, 2.05) is 0 Å². The van der Waals surface area contributed by atoms with Gasteiger partial charge in [-0.05, 0) is 39.7 Å². The first-order chi connectivity index (χ1) is 8.79. The predicted molar refractivity (Wildman–Crippen MR) is 73.3 cm³/mol. The Morgan fingerprint density at radius 1 is 1.37 bits per heavy atom. The highest BCUT2D eigenvalue weighted by Gasteiger charge is 2.29. The lowest BCUT2D eigenvalue weighted by Crippen LogP contribution is -2.50. The summed E-state index contributed by atoms with van der Waals surface area (Å²) in [5, 5.41) is 6.29. The summed E-state index contributed by atoms with van der Waals surface area (Å²) < 4.78 is 26.8. The van der Waals surface area contributed by atoms with Crippen LogP contribution in [0.15, 0.2) is 17.3 Å². The van der Waals surface area contributed by atoms with E-state index in [1.165, 1.54) is 12.3 Å². The molecule has 0 aromatic carbocycles. The number of rotatable bonds is 3. The maximum Gasteiger partial charge on any atom is 0.257 e. The number of nitrogens with zero attached hydrogens (tertiary/aromatic N) is 2. The first-order valence-corrected chi connectivity index (χ1v) is 8.04. The van der Waals surface area contributed by atoms with E-state index in [0.29, 0.717) is 0 Å². The number of aromatic amines is 1. The average Bonchev–Trinajstić information content (AvgIpc) is 2.82. The normalized spacial score (nSPS) is 19.7. The van der Waals surface area contributed by atoms with Gasteiger partial charge in [0.25, 0.3) is 10.0 Å². The van der Waals surface area contributed by atoms with Crippen molar-refractivity contribution in [1.82, 2.24) is 19.8 Å². The van der Waals surface area contributed by atoms with Gasteiger partial charge >= 0.3 is 0 Å². The van der Waals surface area contributed by atoms with Crippen molar-refractivity contribution >= 4 is 10.0 Å². The molecule has 19 heavy (non-hydrogen) atoms. The molecule has 0 unspecified atom stereocenters. The van der Waals surface area contributed by atoms with Gasteiger partial charge in [-0.2, -0.15) is 5.10 Å². The fourth-order valence-electron chi connectivity index (χ4n) is 2.34. The molecule has 0 aliphatic carbocycles. The van der Waals surface area contributed by atoms with E-state index in [1.54, 1.807) is 0 Å². The van der Waals surface area contributed by atoms with Crippen molar-refractivity contribution in [2.75, 3.05) is 13.1 Å². The number of piperidine rings is 1. The first kappa shape index (κ1) is 14.5. The third kappa shape index (κ3) is 3.55. The molecule has 0 bridgehead atoms. The van der Waals surface area contributed by atoms with E-state index >= 15 is 0 Å². The summed E-state index contributed by atoms with van der Waals surface area (Å²) in [6.45, 7) is 8.38. The van der Waals surface area contributed by atoms with Crippen molar-refractivity contribution in [2.45, 2.75) is 50.2 Å². The Bertz CT molecular complexity index is 496. The minimum atomic E-state index is -3.46. The van der Waals surface area contributed by atoms with Crippen molar-refractivity contribution in [3.63, 3.8) is 0 Å². The first-order valence-electron chi connectivity index (χ1n) is 6.56. The molecule has 1 aliphatic rings. The van der Waals surface area contributed by atoms with Crippen LogP contribution >= 0.6 is 0 Å². The van der Waals surface area contributed by atoms with Gasteiger partial charge in [0, 0.05) is 24.7 Å². The zero-order valence-corrected chi connectivity index (χ0v) is 12.5. The van der Waals surface area contributed by atoms with Crippen LogP contribution in [0.25, 0.3) is 0 Å². The second-order valence-electron chi connectivity index (χ2n) is 5.97. The quantitative estimate of drug-likeness (QED) is 0.867. The van der Waals surface area contributed by atoms with E-state index in [-0.39, 0.29) is 16.6 Å². The zero-order valence-electron chi connectivity index (χ0n) is 11.7. The molecule has 0 saturated carbocycles. The molecule has 1 aromatic rings. The summed E-state index contributed by atoms with van der Waals surface area (Å²) in [5.41, 5.74) is 0.146. The van der Waals surface area contributed by atoms with E-state index in [0.717, 1.165) is 25.9 Å². The van der Waals surface area contributed by atoms with Gasteiger partial charge in [-0.15, -0.1) is 0 Å². The monoisotopic (exact) mass is 286 g/mol. The van der Waals surface area contributed by atoms with Crippen LogP contribution in [-0.2, 0) is 10.0 Å². The molecular formula is C12H22N4O2S. The van der Waals surface area contributed by atoms with Gasteiger partial charge in [0.1, 0.15) is 0 Å². The molecule has 2 heterocycles. The lowest BCUT2D eigenvalue weighted by molar-refractivity contribution is 0.100. The van der Waals surface area contributed by atoms with E-state index < -0.39 is 10.0 Å². The Balaban J connectivity index is 1.93. The van der Waals surface area contributed by atoms with E-state index in [9.17, 15) is 8.42 Å². The molecular weight excluding hydrogens is 264 g/mol. The van der Waals surface area contributed by atoms with Gasteiger partial charge < -0.3 is 0 Å². The van der Waals surface area contributed by atoms with Crippen LogP contribution in [0.4, 0.5) is 0 Å². The molecule has 1 fully saturated rings. The fraction of sp³-hybridized carbons (Fsp3) is 0.750. The molecule has 0 atom stereocenters. The highest BCUT2D eigenvalue weighted by atomic mass is 32.2. The summed E-state index contributed by atoms with van der Waals surface area (Å²) in [4.78, 5) is 2.38. The minimum absolute atomic E-state index is 0.00639. The number of H-pyrrole nitrogens is 1. The van der Waals surface area contributed by atoms with Crippen LogP contribution in [0.2, 0.25) is 0 Å². The van der Waals surface area contributed by atoms with Crippen molar-refractivity contribution in [3.05, 3.63) is 12.3 Å². The van der Waals surface area contributed by atoms with Crippen molar-refractivity contribution in [2.24, 2.45) is 0 Å². The van der Waals surface area contributed by atoms with E-state index in [4.69, 9.17) is 0 Å². The summed E-state index contributed by atoms with van der Waals surface area (Å²) in [6, 6.07) is 1.47. The van der Waals surface area contributed by atoms with Crippen molar-refractivity contribution in [3.8, 4) is 0 Å². The molecule has 0 amide bonds. The minimum Gasteiger partial charge on any atom is -0.298 e. The number of hydrogen-bond donors (Lipinski definition) is 2. The predicted octanol–water partition coefficient (Wildman–Crippen LogP) is 0.951. The number of nitrogens with one attached hydrogen (secondary N) is 2. The second-order valence-corrected chi connectivity index (χ2v) is 7.66. The third-order valence-corrected chi connectivity index (χ3v) is 4.98. The molecule has 1 aromatic heterocycles. The Morgan fingerprint density at radius 3 is 2.47 bits per heavy atom. The Kier molecular flexibility index (Phi) is 3.98. The van der Waals surface area contributed by atoms with E-state index in [2.05, 4.69) is 40.6 Å². The number of sulfonamides is 1. The van der Waals surface area contributed by atoms with Crippen LogP contribution < -0.4 is 4.72 Å². The molecule has 0 radical (unpaired) electrons. The molecule has 1 aliphatic heterocycles. The Hall–Kier alpha value is -0.920. The molecule has 0 spiro atoms. The Labute approximate surface area is 114 Å². The fourth-order valence-corrected chi connectivity index (χ4v) is 3.56. The lowest BCUT2D eigenvalue weighted by atomic mass is 9.99. The van der Waals surface area contributed by atoms with Gasteiger partial charge in [-0.25, -0.2) is 13.1 Å². The lowest BCUT2D eigenvalue weighted by Gasteiger charge is -2.40. The highest BCUT2D eigenvalue weighted by molar-refractivity contribution is 7.89. The molecule has 2 N–H and O–H groups in total. The van der Waals surface area contributed by atoms with Gasteiger partial charge in [-0.1, -0.05) is 0 Å². The zero-order chi connectivity index (χ0) is 14.1. The highest BCUT2D eigenvalue weighted by Crippen LogP contribution is 2.21. The molecule has 2 rings (SSSR count). The summed E-state index contributed by atoms with van der Waals surface area (Å²) in [6.07, 6.45) is 3.12. The molecule has 108 valence electrons. The third-order valence-electron chi connectivity index (χ3n) is 3.53. The van der Waals surface area contributed by atoms with Crippen molar-refractivity contribution < 1.29 is 8.42 Å². The van der Waals surface area contributed by atoms with Crippen LogP contribution in [0.5, 0.6) is 0 Å². The summed E-state index contributed by atoms with van der Waals surface area (Å²) >= 11 is 0. The number of likely N-dealkylation sites (tertiary alicyclic amines) is 1. The van der Waals surface area contributed by atoms with Crippen LogP contribution in [0, 0.1) is 0 Å². The molecule has 7 heteroatoms. The largest absolute Gasteiger partial charge is 0.298 e. The van der Waals surface area contributed by atoms with Crippen molar-refractivity contribution in [1.29, 1.82) is 0 Å². The van der Waals surface area contributed by atoms with Gasteiger partial charge in [-0.3, -0.25) is 10.00 Å². The molecule has 6 nitrogen and oxygen atoms in total. The van der Waals surface area contributed by atoms with Crippen LogP contribution in [0.1, 0.15) is 33.6 Å². The SMILES string of the molecule is CC(C)(C)N1CCC(NS(=O)(=O)c2ccn[nH]2)CC1. The summed E-state index contributed by atoms with van der Waals surface area (Å²) in [5.74, 6) is 0. The average molecular weight is 286 g/mol. The second kappa shape index (κ2) is 5.22. The summed E-state index contributed by atoms with van der Waals surface area (Å²) in [7, 11) is -3.46. The maximum absolute atomic E-state index is 12.0. The molecule has 1 saturated heterocycles. The van der Waals surface area contributed by atoms with Crippen LogP contribution in [-0.4, -0.2) is 48.2 Å². The van der Waals surface area contributed by atoms with Gasteiger partial charge in [0.15, 0.2) is 5.03 Å².